The molecule has 0 saturated carbocycles. The highest BCUT2D eigenvalue weighted by Gasteiger charge is 1.90. The summed E-state index contributed by atoms with van der Waals surface area (Å²) in [4.78, 5) is 6.39. The van der Waals surface area contributed by atoms with E-state index in [4.69, 9.17) is 0 Å². The van der Waals surface area contributed by atoms with E-state index in [-0.39, 0.29) is 0 Å². The zero-order valence-corrected chi connectivity index (χ0v) is 5.31. The van der Waals surface area contributed by atoms with E-state index in [1.807, 2.05) is 0 Å². The fourth-order valence-electron chi connectivity index (χ4n) is 0.284. The van der Waals surface area contributed by atoms with E-state index < -0.39 is 6.08 Å². The van der Waals surface area contributed by atoms with Crippen molar-refractivity contribution in [2.45, 2.75) is 0 Å². The molecule has 0 saturated heterocycles. The van der Waals surface area contributed by atoms with E-state index in [0.717, 1.165) is 0 Å². The Morgan fingerprint density at radius 3 is 2.88 bits per heavy atom. The van der Waals surface area contributed by atoms with Gasteiger partial charge in [-0.15, -0.1) is 0 Å². The first-order valence-corrected chi connectivity index (χ1v) is 2.64. The van der Waals surface area contributed by atoms with Gasteiger partial charge in [-0.25, -0.2) is 4.98 Å². The minimum absolute atomic E-state index is 0.407. The summed E-state index contributed by atoms with van der Waals surface area (Å²) in [5, 5.41) is 0. The van der Waals surface area contributed by atoms with E-state index in [0.29, 0.717) is 4.60 Å². The highest BCUT2D eigenvalue weighted by atomic mass is 79.9. The molecule has 0 N–H and O–H groups in total. The number of nitrogens with zero attached hydrogens (tertiary/aromatic N) is 2. The van der Waals surface area contributed by atoms with Crippen LogP contribution in [0.3, 0.4) is 0 Å². The molecule has 1 radical (unpaired) electrons. The fraction of sp³-hybridized carbons (Fsp3) is 0. The van der Waals surface area contributed by atoms with Crippen molar-refractivity contribution in [3.8, 4) is 0 Å². The van der Waals surface area contributed by atoms with Crippen LogP contribution in [-0.4, -0.2) is 9.97 Å². The molecule has 0 aromatic carbocycles. The quantitative estimate of drug-likeness (QED) is 0.438. The van der Waals surface area contributed by atoms with Gasteiger partial charge in [0.1, 0.15) is 4.60 Å². The van der Waals surface area contributed by atoms with Crippen molar-refractivity contribution in [2.24, 2.45) is 0 Å². The average Bonchev–Trinajstić information content (AvgIpc) is 1.64. The van der Waals surface area contributed by atoms with Gasteiger partial charge in [0.05, 0.1) is 6.20 Å². The highest BCUT2D eigenvalue weighted by molar-refractivity contribution is 9.10. The Morgan fingerprint density at radius 2 is 2.50 bits per heavy atom. The molecule has 1 heterocycles. The van der Waals surface area contributed by atoms with Gasteiger partial charge < -0.3 is 0 Å². The van der Waals surface area contributed by atoms with Crippen LogP contribution >= 0.6 is 15.9 Å². The van der Waals surface area contributed by atoms with Gasteiger partial charge in [-0.3, -0.25) is 0 Å². The lowest BCUT2D eigenvalue weighted by Crippen LogP contribution is -1.85. The first kappa shape index (κ1) is 5.62. The Bertz CT molecular complexity index is 174. The maximum absolute atomic E-state index is 11.9. The molecule has 4 heteroatoms. The molecule has 0 unspecified atom stereocenters. The third-order valence-electron chi connectivity index (χ3n) is 0.540. The summed E-state index contributed by atoms with van der Waals surface area (Å²) in [6.45, 7) is 0. The van der Waals surface area contributed by atoms with Crippen LogP contribution in [0.15, 0.2) is 10.7 Å². The SMILES string of the molecule is Fc1n[c]cc(Br)n1. The van der Waals surface area contributed by atoms with Crippen LogP contribution in [0.1, 0.15) is 0 Å². The van der Waals surface area contributed by atoms with E-state index in [9.17, 15) is 4.39 Å². The number of aromatic nitrogens is 2. The minimum Gasteiger partial charge on any atom is -0.200 e. The smallest absolute Gasteiger partial charge is 0.200 e. The largest absolute Gasteiger partial charge is 0.310 e. The standard InChI is InChI=1S/C4HBrFN2/c5-3-1-2-7-4(6)8-3/h1H. The van der Waals surface area contributed by atoms with Crippen molar-refractivity contribution in [2.75, 3.05) is 0 Å². The topological polar surface area (TPSA) is 25.8 Å². The van der Waals surface area contributed by atoms with Gasteiger partial charge in [-0.2, -0.15) is 9.37 Å². The summed E-state index contributed by atoms with van der Waals surface area (Å²) in [5.74, 6) is 0. The number of rotatable bonds is 0. The van der Waals surface area contributed by atoms with Gasteiger partial charge in [0.2, 0.25) is 0 Å². The molecule has 8 heavy (non-hydrogen) atoms. The van der Waals surface area contributed by atoms with Crippen LogP contribution in [0.2, 0.25) is 0 Å². The first-order chi connectivity index (χ1) is 3.79. The summed E-state index contributed by atoms with van der Waals surface area (Å²) in [6, 6.07) is 1.43. The fourth-order valence-corrected chi connectivity index (χ4v) is 0.533. The van der Waals surface area contributed by atoms with Crippen molar-refractivity contribution in [3.05, 3.63) is 22.9 Å². The Balaban J connectivity index is 3.08. The van der Waals surface area contributed by atoms with Gasteiger partial charge in [0.25, 0.3) is 0 Å². The second-order valence-electron chi connectivity index (χ2n) is 1.09. The van der Waals surface area contributed by atoms with Gasteiger partial charge in [0, 0.05) is 0 Å². The predicted molar refractivity (Wildman–Crippen MR) is 28.5 cm³/mol. The zero-order valence-electron chi connectivity index (χ0n) is 3.73. The third-order valence-corrected chi connectivity index (χ3v) is 0.946. The van der Waals surface area contributed by atoms with Crippen LogP contribution in [0, 0.1) is 12.3 Å². The lowest BCUT2D eigenvalue weighted by molar-refractivity contribution is 0.534. The van der Waals surface area contributed by atoms with Crippen molar-refractivity contribution in [3.63, 3.8) is 0 Å². The van der Waals surface area contributed by atoms with Crippen LogP contribution in [0.5, 0.6) is 0 Å². The Labute approximate surface area is 53.9 Å². The molecule has 2 nitrogen and oxygen atoms in total. The molecule has 0 atom stereocenters. The average molecular weight is 176 g/mol. The van der Waals surface area contributed by atoms with Crippen LogP contribution in [0.4, 0.5) is 4.39 Å². The molecule has 0 aliphatic rings. The lowest BCUT2D eigenvalue weighted by atomic mass is 10.7. The van der Waals surface area contributed by atoms with Crippen LogP contribution in [-0.2, 0) is 0 Å². The van der Waals surface area contributed by atoms with Gasteiger partial charge in [-0.05, 0) is 22.0 Å². The van der Waals surface area contributed by atoms with E-state index in [2.05, 4.69) is 32.1 Å². The Morgan fingerprint density at radius 1 is 1.75 bits per heavy atom. The number of hydrogen-bond acceptors (Lipinski definition) is 2. The summed E-state index contributed by atoms with van der Waals surface area (Å²) < 4.78 is 12.3. The van der Waals surface area contributed by atoms with Crippen LogP contribution < -0.4 is 0 Å². The molecule has 1 aromatic rings. The molecule has 1 rings (SSSR count). The summed E-state index contributed by atoms with van der Waals surface area (Å²) in [6.07, 6.45) is 1.53. The van der Waals surface area contributed by atoms with Gasteiger partial charge >= 0.3 is 6.08 Å². The molecule has 0 aliphatic heterocycles. The number of hydrogen-bond donors (Lipinski definition) is 0. The van der Waals surface area contributed by atoms with Crippen molar-refractivity contribution in [1.29, 1.82) is 0 Å². The second kappa shape index (κ2) is 2.17. The summed E-state index contributed by atoms with van der Waals surface area (Å²) in [7, 11) is 0. The molecule has 0 amide bonds. The third kappa shape index (κ3) is 1.23. The molecule has 0 spiro atoms. The molecule has 0 fully saturated rings. The monoisotopic (exact) mass is 175 g/mol. The zero-order chi connectivity index (χ0) is 5.98. The predicted octanol–water partition coefficient (Wildman–Crippen LogP) is 1.18. The van der Waals surface area contributed by atoms with Crippen LogP contribution in [0.25, 0.3) is 0 Å². The first-order valence-electron chi connectivity index (χ1n) is 1.85. The molecular weight excluding hydrogens is 175 g/mol. The molecule has 1 aromatic heterocycles. The van der Waals surface area contributed by atoms with E-state index in [1.54, 1.807) is 0 Å². The van der Waals surface area contributed by atoms with E-state index >= 15 is 0 Å². The minimum atomic E-state index is -0.764. The highest BCUT2D eigenvalue weighted by Crippen LogP contribution is 2.00. The normalized spacial score (nSPS) is 9.25. The summed E-state index contributed by atoms with van der Waals surface area (Å²) in [5.41, 5.74) is 0. The number of halogens is 2. The molecule has 0 aliphatic carbocycles. The van der Waals surface area contributed by atoms with Crippen molar-refractivity contribution < 1.29 is 4.39 Å². The molecule has 0 bridgehead atoms. The van der Waals surface area contributed by atoms with Gasteiger partial charge in [0.15, 0.2) is 0 Å². The van der Waals surface area contributed by atoms with Crippen molar-refractivity contribution in [1.82, 2.24) is 9.97 Å². The molecule has 41 valence electrons. The van der Waals surface area contributed by atoms with Gasteiger partial charge in [-0.1, -0.05) is 0 Å². The lowest BCUT2D eigenvalue weighted by Gasteiger charge is -1.83. The maximum Gasteiger partial charge on any atom is 0.310 e. The van der Waals surface area contributed by atoms with E-state index in [1.165, 1.54) is 6.07 Å². The second-order valence-corrected chi connectivity index (χ2v) is 1.90. The Hall–Kier alpha value is -0.510. The van der Waals surface area contributed by atoms with Crippen molar-refractivity contribution >= 4 is 15.9 Å². The Kier molecular flexibility index (Phi) is 1.53. The maximum atomic E-state index is 11.9. The molecular formula is C4HBrFN2. The summed E-state index contributed by atoms with van der Waals surface area (Å²) >= 11 is 2.94.